The molecule has 1 fully saturated rings. The normalized spacial score (nSPS) is 21.4. The highest BCUT2D eigenvalue weighted by molar-refractivity contribution is 4.78. The summed E-state index contributed by atoms with van der Waals surface area (Å²) in [4.78, 5) is 0. The molecular formula is C16H33N. The molecule has 2 atom stereocenters. The Morgan fingerprint density at radius 2 is 1.71 bits per heavy atom. The summed E-state index contributed by atoms with van der Waals surface area (Å²) in [5.41, 5.74) is 0. The lowest BCUT2D eigenvalue weighted by atomic mass is 9.84. The van der Waals surface area contributed by atoms with Gasteiger partial charge in [-0.1, -0.05) is 51.9 Å². The molecule has 0 aromatic rings. The van der Waals surface area contributed by atoms with Gasteiger partial charge in [0, 0.05) is 12.1 Å². The lowest BCUT2D eigenvalue weighted by Gasteiger charge is -2.30. The molecule has 1 aliphatic rings. The third-order valence-corrected chi connectivity index (χ3v) is 4.40. The zero-order valence-electron chi connectivity index (χ0n) is 12.3. The molecule has 17 heavy (non-hydrogen) atoms. The molecule has 0 saturated heterocycles. The molecule has 1 heteroatoms. The van der Waals surface area contributed by atoms with Gasteiger partial charge in [0.25, 0.3) is 0 Å². The number of unbranched alkanes of at least 4 members (excludes halogenated alkanes) is 3. The maximum absolute atomic E-state index is 3.83. The molecule has 1 saturated carbocycles. The third-order valence-electron chi connectivity index (χ3n) is 4.40. The second kappa shape index (κ2) is 8.97. The summed E-state index contributed by atoms with van der Waals surface area (Å²) in [6.45, 7) is 7.05. The van der Waals surface area contributed by atoms with Crippen LogP contribution in [0.5, 0.6) is 0 Å². The fourth-order valence-electron chi connectivity index (χ4n) is 3.18. The highest BCUT2D eigenvalue weighted by Crippen LogP contribution is 2.26. The molecule has 1 unspecified atom stereocenters. The summed E-state index contributed by atoms with van der Waals surface area (Å²) in [6.07, 6.45) is 14.2. The van der Waals surface area contributed by atoms with Crippen LogP contribution in [0.15, 0.2) is 0 Å². The largest absolute Gasteiger partial charge is 0.312 e. The van der Waals surface area contributed by atoms with Gasteiger partial charge in [0.1, 0.15) is 0 Å². The fraction of sp³-hybridized carbons (Fsp3) is 1.00. The average Bonchev–Trinajstić information content (AvgIpc) is 2.36. The average molecular weight is 239 g/mol. The Hall–Kier alpha value is -0.0400. The van der Waals surface area contributed by atoms with E-state index in [0.717, 1.165) is 12.0 Å². The monoisotopic (exact) mass is 239 g/mol. The van der Waals surface area contributed by atoms with Gasteiger partial charge in [0.2, 0.25) is 0 Å². The minimum Gasteiger partial charge on any atom is -0.312 e. The Kier molecular flexibility index (Phi) is 7.92. The van der Waals surface area contributed by atoms with Gasteiger partial charge in [0.05, 0.1) is 0 Å². The molecule has 0 radical (unpaired) electrons. The van der Waals surface area contributed by atoms with Crippen LogP contribution in [0.25, 0.3) is 0 Å². The lowest BCUT2D eigenvalue weighted by Crippen LogP contribution is -2.40. The van der Waals surface area contributed by atoms with Crippen molar-refractivity contribution in [3.8, 4) is 0 Å². The lowest BCUT2D eigenvalue weighted by molar-refractivity contribution is 0.263. The zero-order valence-corrected chi connectivity index (χ0v) is 12.3. The highest BCUT2D eigenvalue weighted by atomic mass is 14.9. The molecule has 0 aromatic heterocycles. The van der Waals surface area contributed by atoms with E-state index < -0.39 is 0 Å². The Morgan fingerprint density at radius 3 is 2.35 bits per heavy atom. The SMILES string of the molecule is CCCCCCC(C)N[C@@H](C)C1CCCCC1. The summed E-state index contributed by atoms with van der Waals surface area (Å²) in [5.74, 6) is 0.946. The maximum Gasteiger partial charge on any atom is 0.00694 e. The van der Waals surface area contributed by atoms with Gasteiger partial charge in [-0.25, -0.2) is 0 Å². The first kappa shape index (κ1) is 15.0. The van der Waals surface area contributed by atoms with Gasteiger partial charge in [-0.3, -0.25) is 0 Å². The minimum absolute atomic E-state index is 0.712. The smallest absolute Gasteiger partial charge is 0.00694 e. The third kappa shape index (κ3) is 6.45. The molecule has 0 bridgehead atoms. The molecule has 0 amide bonds. The molecule has 0 spiro atoms. The van der Waals surface area contributed by atoms with Gasteiger partial charge in [0.15, 0.2) is 0 Å². The van der Waals surface area contributed by atoms with Crippen LogP contribution >= 0.6 is 0 Å². The van der Waals surface area contributed by atoms with Crippen molar-refractivity contribution in [2.75, 3.05) is 0 Å². The van der Waals surface area contributed by atoms with Crippen molar-refractivity contribution < 1.29 is 0 Å². The quantitative estimate of drug-likeness (QED) is 0.594. The predicted octanol–water partition coefficient (Wildman–Crippen LogP) is 4.90. The van der Waals surface area contributed by atoms with E-state index in [1.54, 1.807) is 0 Å². The molecule has 1 rings (SSSR count). The highest BCUT2D eigenvalue weighted by Gasteiger charge is 2.20. The van der Waals surface area contributed by atoms with Crippen molar-refractivity contribution in [2.24, 2.45) is 5.92 Å². The summed E-state index contributed by atoms with van der Waals surface area (Å²) < 4.78 is 0. The summed E-state index contributed by atoms with van der Waals surface area (Å²) >= 11 is 0. The second-order valence-corrected chi connectivity index (χ2v) is 6.10. The van der Waals surface area contributed by atoms with Crippen LogP contribution < -0.4 is 5.32 Å². The van der Waals surface area contributed by atoms with Gasteiger partial charge in [-0.15, -0.1) is 0 Å². The van der Waals surface area contributed by atoms with Crippen molar-refractivity contribution in [1.82, 2.24) is 5.32 Å². The van der Waals surface area contributed by atoms with E-state index in [9.17, 15) is 0 Å². The van der Waals surface area contributed by atoms with E-state index in [2.05, 4.69) is 26.1 Å². The zero-order chi connectivity index (χ0) is 12.5. The van der Waals surface area contributed by atoms with Crippen LogP contribution in [-0.2, 0) is 0 Å². The molecule has 0 heterocycles. The van der Waals surface area contributed by atoms with E-state index in [1.165, 1.54) is 64.2 Å². The summed E-state index contributed by atoms with van der Waals surface area (Å²) in [5, 5.41) is 3.83. The second-order valence-electron chi connectivity index (χ2n) is 6.10. The standard InChI is InChI=1S/C16H33N/c1-4-5-6-8-11-14(2)17-15(3)16-12-9-7-10-13-16/h14-17H,4-13H2,1-3H3/t14?,15-/m0/s1. The molecule has 1 N–H and O–H groups in total. The first-order chi connectivity index (χ1) is 8.24. The molecule has 102 valence electrons. The Morgan fingerprint density at radius 1 is 1.00 bits per heavy atom. The van der Waals surface area contributed by atoms with Crippen molar-refractivity contribution in [3.05, 3.63) is 0 Å². The predicted molar refractivity (Wildman–Crippen MR) is 77.4 cm³/mol. The number of hydrogen-bond acceptors (Lipinski definition) is 1. The van der Waals surface area contributed by atoms with Gasteiger partial charge < -0.3 is 5.32 Å². The van der Waals surface area contributed by atoms with Crippen molar-refractivity contribution in [1.29, 1.82) is 0 Å². The first-order valence-corrected chi connectivity index (χ1v) is 8.00. The van der Waals surface area contributed by atoms with Crippen molar-refractivity contribution in [2.45, 2.75) is 97.1 Å². The Bertz CT molecular complexity index is 172. The summed E-state index contributed by atoms with van der Waals surface area (Å²) in [7, 11) is 0. The molecule has 0 aromatic carbocycles. The molecule has 1 nitrogen and oxygen atoms in total. The Balaban J connectivity index is 2.09. The van der Waals surface area contributed by atoms with Crippen LogP contribution in [0.1, 0.15) is 85.0 Å². The van der Waals surface area contributed by atoms with Crippen LogP contribution in [0.3, 0.4) is 0 Å². The van der Waals surface area contributed by atoms with Crippen LogP contribution in [-0.4, -0.2) is 12.1 Å². The van der Waals surface area contributed by atoms with E-state index in [0.29, 0.717) is 6.04 Å². The van der Waals surface area contributed by atoms with E-state index in [1.807, 2.05) is 0 Å². The Labute approximate surface area is 109 Å². The topological polar surface area (TPSA) is 12.0 Å². The van der Waals surface area contributed by atoms with E-state index in [-0.39, 0.29) is 0 Å². The molecule has 1 aliphatic carbocycles. The van der Waals surface area contributed by atoms with Crippen molar-refractivity contribution in [3.63, 3.8) is 0 Å². The maximum atomic E-state index is 3.83. The molecular weight excluding hydrogens is 206 g/mol. The van der Waals surface area contributed by atoms with E-state index >= 15 is 0 Å². The molecule has 0 aliphatic heterocycles. The van der Waals surface area contributed by atoms with Crippen LogP contribution in [0.4, 0.5) is 0 Å². The number of rotatable bonds is 8. The van der Waals surface area contributed by atoms with Gasteiger partial charge in [-0.05, 0) is 39.0 Å². The van der Waals surface area contributed by atoms with Crippen LogP contribution in [0.2, 0.25) is 0 Å². The van der Waals surface area contributed by atoms with Crippen molar-refractivity contribution >= 4 is 0 Å². The number of hydrogen-bond donors (Lipinski definition) is 1. The first-order valence-electron chi connectivity index (χ1n) is 8.00. The van der Waals surface area contributed by atoms with Gasteiger partial charge in [-0.2, -0.15) is 0 Å². The number of nitrogens with one attached hydrogen (secondary N) is 1. The fourth-order valence-corrected chi connectivity index (χ4v) is 3.18. The van der Waals surface area contributed by atoms with Crippen LogP contribution in [0, 0.1) is 5.92 Å². The van der Waals surface area contributed by atoms with E-state index in [4.69, 9.17) is 0 Å². The van der Waals surface area contributed by atoms with Gasteiger partial charge >= 0.3 is 0 Å². The summed E-state index contributed by atoms with van der Waals surface area (Å²) in [6, 6.07) is 1.44. The minimum atomic E-state index is 0.712.